The van der Waals surface area contributed by atoms with Crippen LogP contribution in [0.25, 0.3) is 0 Å². The molecule has 26 heavy (non-hydrogen) atoms. The van der Waals surface area contributed by atoms with Crippen LogP contribution in [-0.4, -0.2) is 33.2 Å². The maximum Gasteiger partial charge on any atom is 0.303 e. The van der Waals surface area contributed by atoms with E-state index in [1.54, 1.807) is 0 Å². The van der Waals surface area contributed by atoms with E-state index in [9.17, 15) is 4.79 Å². The van der Waals surface area contributed by atoms with Gasteiger partial charge in [-0.25, -0.2) is 0 Å². The summed E-state index contributed by atoms with van der Waals surface area (Å²) in [4.78, 5) is 28.3. The molecule has 0 bridgehead atoms. The Bertz CT molecular complexity index is 308. The predicted molar refractivity (Wildman–Crippen MR) is 105 cm³/mol. The molecule has 0 fully saturated rings. The van der Waals surface area contributed by atoms with E-state index in [-0.39, 0.29) is 0 Å². The van der Waals surface area contributed by atoms with Gasteiger partial charge in [0.2, 0.25) is 0 Å². The Kier molecular flexibility index (Phi) is 28.8. The van der Waals surface area contributed by atoms with Crippen molar-refractivity contribution in [3.63, 3.8) is 0 Å². The van der Waals surface area contributed by atoms with Gasteiger partial charge in [-0.2, -0.15) is 0 Å². The molecule has 0 aromatic carbocycles. The van der Waals surface area contributed by atoms with Gasteiger partial charge in [0.25, 0.3) is 11.9 Å². The van der Waals surface area contributed by atoms with Crippen LogP contribution in [0.5, 0.6) is 0 Å². The van der Waals surface area contributed by atoms with Crippen molar-refractivity contribution in [1.29, 1.82) is 0 Å². The number of carbonyl (C=O) groups is 3. The van der Waals surface area contributed by atoms with Crippen LogP contribution in [-0.2, 0) is 14.4 Å². The van der Waals surface area contributed by atoms with Crippen molar-refractivity contribution < 1.29 is 29.7 Å². The second kappa shape index (κ2) is 25.6. The first-order chi connectivity index (χ1) is 12.2. The molecule has 0 atom stereocenters. The third-order valence-corrected chi connectivity index (χ3v) is 3.49. The Hall–Kier alpha value is -1.59. The zero-order valence-electron chi connectivity index (χ0n) is 17.0. The van der Waals surface area contributed by atoms with E-state index in [4.69, 9.17) is 24.9 Å². The largest absolute Gasteiger partial charge is 0.481 e. The van der Waals surface area contributed by atoms with Gasteiger partial charge in [0.05, 0.1) is 0 Å². The summed E-state index contributed by atoms with van der Waals surface area (Å²) in [6.45, 7) is 4.43. The van der Waals surface area contributed by atoms with Crippen molar-refractivity contribution in [1.82, 2.24) is 0 Å². The maximum atomic E-state index is 10.3. The number of carboxylic acids is 3. The molecule has 0 aliphatic rings. The van der Waals surface area contributed by atoms with Crippen LogP contribution in [0, 0.1) is 0 Å². The minimum Gasteiger partial charge on any atom is -0.481 e. The summed E-state index contributed by atoms with van der Waals surface area (Å²) in [7, 11) is 0. The quantitative estimate of drug-likeness (QED) is 0.334. The van der Waals surface area contributed by atoms with E-state index in [0.29, 0.717) is 6.42 Å². The number of unbranched alkanes of at least 4 members (excludes halogenated alkanes) is 12. The van der Waals surface area contributed by atoms with Gasteiger partial charge in [-0.1, -0.05) is 84.0 Å². The third kappa shape index (κ3) is 57.1. The Balaban J connectivity index is -0.000000551. The molecule has 0 unspecified atom stereocenters. The molecule has 0 aromatic heterocycles. The van der Waals surface area contributed by atoms with E-state index in [0.717, 1.165) is 26.7 Å². The summed E-state index contributed by atoms with van der Waals surface area (Å²) < 4.78 is 0. The normalized spacial score (nSPS) is 9.35. The van der Waals surface area contributed by atoms with Crippen molar-refractivity contribution in [3.8, 4) is 0 Å². The zero-order chi connectivity index (χ0) is 20.6. The molecule has 156 valence electrons. The summed E-state index contributed by atoms with van der Waals surface area (Å²) in [6, 6.07) is 0. The molecule has 6 nitrogen and oxygen atoms in total. The van der Waals surface area contributed by atoms with Gasteiger partial charge in [0, 0.05) is 20.3 Å². The summed E-state index contributed by atoms with van der Waals surface area (Å²) in [5.41, 5.74) is 0. The Morgan fingerprint density at radius 3 is 1.00 bits per heavy atom. The van der Waals surface area contributed by atoms with Crippen LogP contribution in [0.1, 0.15) is 111 Å². The molecule has 0 aliphatic carbocycles. The molecule has 0 amide bonds. The highest BCUT2D eigenvalue weighted by molar-refractivity contribution is 5.66. The summed E-state index contributed by atoms with van der Waals surface area (Å²) in [5, 5.41) is 23.3. The molecule has 0 saturated heterocycles. The van der Waals surface area contributed by atoms with Gasteiger partial charge in [0.1, 0.15) is 0 Å². The van der Waals surface area contributed by atoms with Crippen molar-refractivity contribution in [2.45, 2.75) is 111 Å². The van der Waals surface area contributed by atoms with Gasteiger partial charge >= 0.3 is 5.97 Å². The lowest BCUT2D eigenvalue weighted by Gasteiger charge is -2.02. The van der Waals surface area contributed by atoms with E-state index < -0.39 is 17.9 Å². The van der Waals surface area contributed by atoms with Crippen molar-refractivity contribution >= 4 is 17.9 Å². The lowest BCUT2D eigenvalue weighted by atomic mass is 10.0. The van der Waals surface area contributed by atoms with Crippen LogP contribution in [0.2, 0.25) is 0 Å². The molecular formula is C20H40O6. The number of rotatable bonds is 14. The first-order valence-corrected chi connectivity index (χ1v) is 9.84. The zero-order valence-corrected chi connectivity index (χ0v) is 17.0. The molecule has 0 aliphatic heterocycles. The smallest absolute Gasteiger partial charge is 0.303 e. The highest BCUT2D eigenvalue weighted by Gasteiger charge is 1.96. The van der Waals surface area contributed by atoms with E-state index in [1.165, 1.54) is 70.6 Å². The SMILES string of the molecule is CC(=O)O.CC(=O)O.CCCCCCCCCCCCCCCC(=O)O. The Morgan fingerprint density at radius 2 is 0.769 bits per heavy atom. The predicted octanol–water partition coefficient (Wildman–Crippen LogP) is 5.73. The van der Waals surface area contributed by atoms with Crippen molar-refractivity contribution in [2.24, 2.45) is 0 Å². The number of aliphatic carboxylic acids is 3. The van der Waals surface area contributed by atoms with Crippen LogP contribution in [0.15, 0.2) is 0 Å². The minimum atomic E-state index is -0.833. The molecule has 0 radical (unpaired) electrons. The first kappa shape index (κ1) is 29.2. The van der Waals surface area contributed by atoms with Gasteiger partial charge in [-0.15, -0.1) is 0 Å². The summed E-state index contributed by atoms with van der Waals surface area (Å²) in [5.74, 6) is -2.32. The average Bonchev–Trinajstić information content (AvgIpc) is 2.50. The Morgan fingerprint density at radius 1 is 0.538 bits per heavy atom. The van der Waals surface area contributed by atoms with Crippen LogP contribution < -0.4 is 0 Å². The average molecular weight is 377 g/mol. The van der Waals surface area contributed by atoms with Crippen LogP contribution >= 0.6 is 0 Å². The number of hydrogen-bond acceptors (Lipinski definition) is 3. The molecule has 0 rings (SSSR count). The van der Waals surface area contributed by atoms with Crippen molar-refractivity contribution in [3.05, 3.63) is 0 Å². The van der Waals surface area contributed by atoms with E-state index in [1.807, 2.05) is 0 Å². The van der Waals surface area contributed by atoms with E-state index >= 15 is 0 Å². The number of carboxylic acid groups (broad SMARTS) is 3. The highest BCUT2D eigenvalue weighted by atomic mass is 16.4. The second-order valence-electron chi connectivity index (χ2n) is 6.42. The first-order valence-electron chi connectivity index (χ1n) is 9.84. The molecule has 6 heteroatoms. The monoisotopic (exact) mass is 376 g/mol. The second-order valence-corrected chi connectivity index (χ2v) is 6.42. The topological polar surface area (TPSA) is 112 Å². The lowest BCUT2D eigenvalue weighted by Crippen LogP contribution is -1.93. The third-order valence-electron chi connectivity index (χ3n) is 3.49. The molecule has 0 heterocycles. The fraction of sp³-hybridized carbons (Fsp3) is 0.850. The molecular weight excluding hydrogens is 336 g/mol. The van der Waals surface area contributed by atoms with Gasteiger partial charge in [-0.3, -0.25) is 14.4 Å². The fourth-order valence-corrected chi connectivity index (χ4v) is 2.29. The van der Waals surface area contributed by atoms with Gasteiger partial charge < -0.3 is 15.3 Å². The standard InChI is InChI=1S/C16H32O2.2C2H4O2/c1-2-3-4-5-6-7-8-9-10-11-12-13-14-15-16(17)18;2*1-2(3)4/h2-15H2,1H3,(H,17,18);2*1H3,(H,3,4). The van der Waals surface area contributed by atoms with E-state index in [2.05, 4.69) is 6.92 Å². The highest BCUT2D eigenvalue weighted by Crippen LogP contribution is 2.12. The fourth-order valence-electron chi connectivity index (χ4n) is 2.29. The van der Waals surface area contributed by atoms with Crippen LogP contribution in [0.4, 0.5) is 0 Å². The van der Waals surface area contributed by atoms with Crippen molar-refractivity contribution in [2.75, 3.05) is 0 Å². The molecule has 0 saturated carbocycles. The lowest BCUT2D eigenvalue weighted by molar-refractivity contribution is -0.137. The molecule has 0 spiro atoms. The minimum absolute atomic E-state index is 0.345. The maximum absolute atomic E-state index is 10.3. The molecule has 3 N–H and O–H groups in total. The van der Waals surface area contributed by atoms with Gasteiger partial charge in [0.15, 0.2) is 0 Å². The summed E-state index contributed by atoms with van der Waals surface area (Å²) >= 11 is 0. The van der Waals surface area contributed by atoms with Gasteiger partial charge in [-0.05, 0) is 6.42 Å². The number of hydrogen-bond donors (Lipinski definition) is 3. The Labute approximate surface area is 159 Å². The molecule has 0 aromatic rings. The summed E-state index contributed by atoms with van der Waals surface area (Å²) in [6.07, 6.45) is 17.3. The van der Waals surface area contributed by atoms with Crippen LogP contribution in [0.3, 0.4) is 0 Å².